The maximum absolute atomic E-state index is 6.21. The summed E-state index contributed by atoms with van der Waals surface area (Å²) in [6, 6.07) is 0. The highest BCUT2D eigenvalue weighted by molar-refractivity contribution is 4.99. The van der Waals surface area contributed by atoms with E-state index in [0.29, 0.717) is 0 Å². The Morgan fingerprint density at radius 2 is 1.44 bits per heavy atom. The fourth-order valence-corrected chi connectivity index (χ4v) is 5.76. The first-order chi connectivity index (χ1) is 12.3. The second-order valence-electron chi connectivity index (χ2n) is 9.38. The van der Waals surface area contributed by atoms with Crippen molar-refractivity contribution < 1.29 is 4.74 Å². The van der Waals surface area contributed by atoms with Crippen LogP contribution in [0.25, 0.3) is 0 Å². The first-order valence-corrected chi connectivity index (χ1v) is 11.6. The van der Waals surface area contributed by atoms with Crippen LogP contribution in [-0.2, 0) is 4.74 Å². The SMILES string of the molecule is CCCC1CCC(C2CC=C(CCC3CCC(CC)CC3)OC2)CC1. The fourth-order valence-electron chi connectivity index (χ4n) is 5.76. The van der Waals surface area contributed by atoms with Gasteiger partial charge in [-0.3, -0.25) is 0 Å². The van der Waals surface area contributed by atoms with Crippen molar-refractivity contribution in [2.24, 2.45) is 29.6 Å². The number of hydrogen-bond donors (Lipinski definition) is 0. The molecule has 1 aliphatic heterocycles. The molecule has 0 radical (unpaired) electrons. The van der Waals surface area contributed by atoms with Crippen LogP contribution in [0.4, 0.5) is 0 Å². The third kappa shape index (κ3) is 5.76. The zero-order chi connectivity index (χ0) is 17.5. The van der Waals surface area contributed by atoms with E-state index in [1.807, 2.05) is 0 Å². The standard InChI is InChI=1S/C24H42O/c1-3-5-20-10-13-22(14-11-20)23-15-17-24(25-18-23)16-12-21-8-6-19(4-2)7-9-21/h17,19-23H,3-16,18H2,1-2H3. The lowest BCUT2D eigenvalue weighted by Gasteiger charge is -2.35. The molecule has 0 N–H and O–H groups in total. The minimum atomic E-state index is 0.811. The Hall–Kier alpha value is -0.460. The van der Waals surface area contributed by atoms with Gasteiger partial charge in [-0.25, -0.2) is 0 Å². The molecule has 25 heavy (non-hydrogen) atoms. The Labute approximate surface area is 157 Å². The quantitative estimate of drug-likeness (QED) is 0.463. The van der Waals surface area contributed by atoms with Crippen molar-refractivity contribution in [1.82, 2.24) is 0 Å². The first-order valence-electron chi connectivity index (χ1n) is 11.6. The van der Waals surface area contributed by atoms with Crippen molar-refractivity contribution in [2.75, 3.05) is 6.61 Å². The van der Waals surface area contributed by atoms with Gasteiger partial charge >= 0.3 is 0 Å². The summed E-state index contributed by atoms with van der Waals surface area (Å²) in [6.45, 7) is 5.71. The molecule has 1 heteroatoms. The van der Waals surface area contributed by atoms with Crippen LogP contribution in [0.2, 0.25) is 0 Å². The van der Waals surface area contributed by atoms with Crippen LogP contribution in [0.15, 0.2) is 11.8 Å². The summed E-state index contributed by atoms with van der Waals surface area (Å²) in [6.07, 6.45) is 22.3. The molecule has 0 aromatic rings. The topological polar surface area (TPSA) is 9.23 Å². The van der Waals surface area contributed by atoms with Gasteiger partial charge in [0.15, 0.2) is 0 Å². The summed E-state index contributed by atoms with van der Waals surface area (Å²) in [4.78, 5) is 0. The van der Waals surface area contributed by atoms with Crippen molar-refractivity contribution >= 4 is 0 Å². The second kappa shape index (κ2) is 10.0. The molecule has 3 aliphatic rings. The van der Waals surface area contributed by atoms with Gasteiger partial charge in [0.25, 0.3) is 0 Å². The predicted molar refractivity (Wildman–Crippen MR) is 107 cm³/mol. The molecule has 2 aliphatic carbocycles. The Bertz CT molecular complexity index is 396. The summed E-state index contributed by atoms with van der Waals surface area (Å²) in [5.41, 5.74) is 0. The maximum Gasteiger partial charge on any atom is 0.0920 e. The third-order valence-corrected chi connectivity index (χ3v) is 7.73. The van der Waals surface area contributed by atoms with E-state index in [4.69, 9.17) is 4.74 Å². The smallest absolute Gasteiger partial charge is 0.0920 e. The summed E-state index contributed by atoms with van der Waals surface area (Å²) in [5.74, 6) is 6.10. The molecule has 0 bridgehead atoms. The molecule has 0 saturated heterocycles. The average molecular weight is 347 g/mol. The number of hydrogen-bond acceptors (Lipinski definition) is 1. The van der Waals surface area contributed by atoms with Gasteiger partial charge in [-0.05, 0) is 61.3 Å². The molecule has 2 fully saturated rings. The van der Waals surface area contributed by atoms with Gasteiger partial charge in [0.2, 0.25) is 0 Å². The number of ether oxygens (including phenoxy) is 1. The molecule has 1 nitrogen and oxygen atoms in total. The number of rotatable bonds is 7. The van der Waals surface area contributed by atoms with Gasteiger partial charge in [-0.15, -0.1) is 0 Å². The van der Waals surface area contributed by atoms with Crippen LogP contribution >= 0.6 is 0 Å². The molecule has 1 heterocycles. The van der Waals surface area contributed by atoms with E-state index in [1.165, 1.54) is 95.7 Å². The first kappa shape index (κ1) is 19.3. The monoisotopic (exact) mass is 346 g/mol. The predicted octanol–water partition coefficient (Wildman–Crippen LogP) is 7.51. The zero-order valence-electron chi connectivity index (χ0n) is 17.0. The minimum Gasteiger partial charge on any atom is -0.498 e. The van der Waals surface area contributed by atoms with Gasteiger partial charge in [-0.2, -0.15) is 0 Å². The van der Waals surface area contributed by atoms with E-state index < -0.39 is 0 Å². The average Bonchev–Trinajstić information content (AvgIpc) is 2.68. The molecule has 1 atom stereocenters. The molecular weight excluding hydrogens is 304 g/mol. The van der Waals surface area contributed by atoms with Crippen LogP contribution < -0.4 is 0 Å². The fraction of sp³-hybridized carbons (Fsp3) is 0.917. The summed E-state index contributed by atoms with van der Waals surface area (Å²) in [7, 11) is 0. The van der Waals surface area contributed by atoms with Crippen LogP contribution in [0.3, 0.4) is 0 Å². The van der Waals surface area contributed by atoms with Gasteiger partial charge < -0.3 is 4.74 Å². The maximum atomic E-state index is 6.21. The van der Waals surface area contributed by atoms with E-state index in [1.54, 1.807) is 0 Å². The molecule has 1 unspecified atom stereocenters. The highest BCUT2D eigenvalue weighted by Crippen LogP contribution is 2.39. The summed E-state index contributed by atoms with van der Waals surface area (Å²) in [5, 5.41) is 0. The Morgan fingerprint density at radius 1 is 0.800 bits per heavy atom. The normalized spacial score (nSPS) is 36.6. The van der Waals surface area contributed by atoms with E-state index in [0.717, 1.165) is 36.2 Å². The molecule has 0 aromatic carbocycles. The zero-order valence-corrected chi connectivity index (χ0v) is 17.0. The summed E-state index contributed by atoms with van der Waals surface area (Å²) >= 11 is 0. The lowest BCUT2D eigenvalue weighted by atomic mass is 9.73. The van der Waals surface area contributed by atoms with E-state index >= 15 is 0 Å². The molecule has 0 amide bonds. The number of allylic oxidation sites excluding steroid dienone is 2. The minimum absolute atomic E-state index is 0.811. The Kier molecular flexibility index (Phi) is 7.74. The molecule has 2 saturated carbocycles. The Morgan fingerprint density at radius 3 is 2.04 bits per heavy atom. The lowest BCUT2D eigenvalue weighted by Crippen LogP contribution is -2.27. The van der Waals surface area contributed by atoms with Gasteiger partial charge in [-0.1, -0.05) is 71.6 Å². The highest BCUT2D eigenvalue weighted by Gasteiger charge is 2.29. The van der Waals surface area contributed by atoms with Crippen LogP contribution in [0.1, 0.15) is 104 Å². The molecule has 0 aromatic heterocycles. The van der Waals surface area contributed by atoms with Gasteiger partial charge in [0, 0.05) is 6.42 Å². The van der Waals surface area contributed by atoms with Crippen molar-refractivity contribution in [2.45, 2.75) is 104 Å². The van der Waals surface area contributed by atoms with E-state index in [9.17, 15) is 0 Å². The molecular formula is C24H42O. The van der Waals surface area contributed by atoms with Crippen LogP contribution in [0, 0.1) is 29.6 Å². The van der Waals surface area contributed by atoms with Crippen molar-refractivity contribution in [3.63, 3.8) is 0 Å². The van der Waals surface area contributed by atoms with E-state index in [-0.39, 0.29) is 0 Å². The lowest BCUT2D eigenvalue weighted by molar-refractivity contribution is 0.0810. The molecule has 3 rings (SSSR count). The van der Waals surface area contributed by atoms with Crippen molar-refractivity contribution in [1.29, 1.82) is 0 Å². The molecule has 144 valence electrons. The second-order valence-corrected chi connectivity index (χ2v) is 9.38. The third-order valence-electron chi connectivity index (χ3n) is 7.73. The van der Waals surface area contributed by atoms with Crippen molar-refractivity contribution in [3.8, 4) is 0 Å². The summed E-state index contributed by atoms with van der Waals surface area (Å²) < 4.78 is 6.21. The van der Waals surface area contributed by atoms with Gasteiger partial charge in [0.1, 0.15) is 0 Å². The van der Waals surface area contributed by atoms with Crippen molar-refractivity contribution in [3.05, 3.63) is 11.8 Å². The van der Waals surface area contributed by atoms with Crippen LogP contribution in [-0.4, -0.2) is 6.61 Å². The Balaban J connectivity index is 1.34. The highest BCUT2D eigenvalue weighted by atomic mass is 16.5. The largest absolute Gasteiger partial charge is 0.498 e. The van der Waals surface area contributed by atoms with Crippen LogP contribution in [0.5, 0.6) is 0 Å². The van der Waals surface area contributed by atoms with Gasteiger partial charge in [0.05, 0.1) is 12.4 Å². The molecule has 0 spiro atoms. The van der Waals surface area contributed by atoms with E-state index in [2.05, 4.69) is 19.9 Å².